The van der Waals surface area contributed by atoms with Crippen molar-refractivity contribution in [2.45, 2.75) is 22.0 Å². The predicted octanol–water partition coefficient (Wildman–Crippen LogP) is 2.11. The van der Waals surface area contributed by atoms with E-state index < -0.39 is 0 Å². The van der Waals surface area contributed by atoms with E-state index >= 15 is 0 Å². The van der Waals surface area contributed by atoms with Crippen LogP contribution < -0.4 is 0 Å². The van der Waals surface area contributed by atoms with Crippen molar-refractivity contribution in [1.29, 1.82) is 5.26 Å². The quantitative estimate of drug-likeness (QED) is 0.719. The molecule has 8 heteroatoms. The number of nitriles is 1. The van der Waals surface area contributed by atoms with Gasteiger partial charge in [0, 0.05) is 13.6 Å². The fourth-order valence-electron chi connectivity index (χ4n) is 1.01. The molecule has 0 saturated carbocycles. The van der Waals surface area contributed by atoms with Gasteiger partial charge in [0.15, 0.2) is 8.68 Å². The Kier molecular flexibility index (Phi) is 7.08. The van der Waals surface area contributed by atoms with Crippen LogP contribution in [0.25, 0.3) is 0 Å². The summed E-state index contributed by atoms with van der Waals surface area (Å²) in [6.45, 7) is 2.54. The molecule has 0 aliphatic heterocycles. The molecule has 5 nitrogen and oxygen atoms in total. The van der Waals surface area contributed by atoms with E-state index in [1.54, 1.807) is 23.7 Å². The highest BCUT2D eigenvalue weighted by Crippen LogP contribution is 2.28. The summed E-state index contributed by atoms with van der Waals surface area (Å²) in [5.41, 5.74) is 0. The van der Waals surface area contributed by atoms with E-state index in [9.17, 15) is 4.79 Å². The first-order valence-corrected chi connectivity index (χ1v) is 8.16. The molecule has 1 rings (SSSR count). The van der Waals surface area contributed by atoms with Gasteiger partial charge in [-0.05, 0) is 5.75 Å². The number of aromatic nitrogens is 2. The van der Waals surface area contributed by atoms with Gasteiger partial charge >= 0.3 is 0 Å². The van der Waals surface area contributed by atoms with Gasteiger partial charge in [0.1, 0.15) is 0 Å². The molecule has 0 spiro atoms. The van der Waals surface area contributed by atoms with Crippen LogP contribution in [0.3, 0.4) is 0 Å². The molecule has 0 atom stereocenters. The zero-order valence-corrected chi connectivity index (χ0v) is 12.7. The van der Waals surface area contributed by atoms with Gasteiger partial charge in [-0.2, -0.15) is 5.26 Å². The molecule has 1 aromatic heterocycles. The lowest BCUT2D eigenvalue weighted by Gasteiger charge is -2.14. The third kappa shape index (κ3) is 5.25. The molecule has 1 heterocycles. The minimum atomic E-state index is 0.00939. The molecule has 0 N–H and O–H groups in total. The number of hydrogen-bond donors (Lipinski definition) is 0. The van der Waals surface area contributed by atoms with E-state index in [1.807, 2.05) is 6.07 Å². The van der Waals surface area contributed by atoms with Crippen LogP contribution in [0, 0.1) is 11.3 Å². The summed E-state index contributed by atoms with van der Waals surface area (Å²) >= 11 is 4.55. The summed E-state index contributed by atoms with van der Waals surface area (Å²) in [5.74, 6) is 1.32. The Morgan fingerprint density at radius 3 is 2.72 bits per heavy atom. The van der Waals surface area contributed by atoms with Crippen molar-refractivity contribution in [1.82, 2.24) is 15.1 Å². The minimum Gasteiger partial charge on any atom is -0.344 e. The van der Waals surface area contributed by atoms with E-state index in [0.717, 1.165) is 14.4 Å². The average molecular weight is 302 g/mol. The molecule has 1 aromatic rings. The Morgan fingerprint density at radius 2 is 2.11 bits per heavy atom. The molecule has 0 radical (unpaired) electrons. The van der Waals surface area contributed by atoms with Crippen LogP contribution in [0.2, 0.25) is 0 Å². The van der Waals surface area contributed by atoms with E-state index in [0.29, 0.717) is 18.7 Å². The highest BCUT2D eigenvalue weighted by Gasteiger charge is 2.11. The van der Waals surface area contributed by atoms with Gasteiger partial charge in [-0.3, -0.25) is 4.79 Å². The molecule has 98 valence electrons. The van der Waals surface area contributed by atoms with Gasteiger partial charge in [-0.25, -0.2) is 0 Å². The van der Waals surface area contributed by atoms with Crippen molar-refractivity contribution < 1.29 is 4.79 Å². The molecular weight excluding hydrogens is 288 g/mol. The van der Waals surface area contributed by atoms with E-state index in [4.69, 9.17) is 5.26 Å². The number of carbonyl (C=O) groups is 1. The molecule has 0 aliphatic rings. The SMILES string of the molecule is CCSc1nnc(SCC(=O)N(C)CCC#N)s1. The first-order chi connectivity index (χ1) is 8.67. The highest BCUT2D eigenvalue weighted by atomic mass is 32.2. The maximum atomic E-state index is 11.7. The second kappa shape index (κ2) is 8.34. The zero-order valence-electron chi connectivity index (χ0n) is 10.3. The number of thioether (sulfide) groups is 2. The lowest BCUT2D eigenvalue weighted by atomic mass is 10.4. The van der Waals surface area contributed by atoms with Crippen molar-refractivity contribution in [2.24, 2.45) is 0 Å². The first-order valence-electron chi connectivity index (χ1n) is 5.37. The number of nitrogens with zero attached hydrogens (tertiary/aromatic N) is 4. The fraction of sp³-hybridized carbons (Fsp3) is 0.600. The van der Waals surface area contributed by atoms with Crippen molar-refractivity contribution in [3.63, 3.8) is 0 Å². The van der Waals surface area contributed by atoms with Crippen LogP contribution in [-0.2, 0) is 4.79 Å². The molecule has 0 aliphatic carbocycles. The zero-order chi connectivity index (χ0) is 13.4. The average Bonchev–Trinajstić information content (AvgIpc) is 2.81. The molecule has 0 bridgehead atoms. The standard InChI is InChI=1S/C10H14N4OS3/c1-3-16-9-12-13-10(18-9)17-7-8(15)14(2)6-4-5-11/h3-4,6-7H2,1-2H3. The van der Waals surface area contributed by atoms with Gasteiger partial charge in [-0.1, -0.05) is 41.8 Å². The summed E-state index contributed by atoms with van der Waals surface area (Å²) in [6.07, 6.45) is 0.364. The molecule has 1 amide bonds. The van der Waals surface area contributed by atoms with Crippen LogP contribution in [0.5, 0.6) is 0 Å². The first kappa shape index (κ1) is 15.3. The van der Waals surface area contributed by atoms with E-state index in [1.165, 1.54) is 23.1 Å². The fourth-order valence-corrected chi connectivity index (χ4v) is 3.87. The predicted molar refractivity (Wildman–Crippen MR) is 74.9 cm³/mol. The molecule has 0 saturated heterocycles. The van der Waals surface area contributed by atoms with Crippen molar-refractivity contribution in [3.8, 4) is 6.07 Å². The van der Waals surface area contributed by atoms with Gasteiger partial charge in [0.05, 0.1) is 18.2 Å². The molecule has 0 aromatic carbocycles. The summed E-state index contributed by atoms with van der Waals surface area (Å²) in [6, 6.07) is 2.02. The van der Waals surface area contributed by atoms with Crippen molar-refractivity contribution >= 4 is 40.8 Å². The topological polar surface area (TPSA) is 69.9 Å². The van der Waals surface area contributed by atoms with Crippen LogP contribution in [0.15, 0.2) is 8.68 Å². The number of carbonyl (C=O) groups excluding carboxylic acids is 1. The third-order valence-electron chi connectivity index (χ3n) is 1.96. The normalized spacial score (nSPS) is 10.1. The Morgan fingerprint density at radius 1 is 1.44 bits per heavy atom. The smallest absolute Gasteiger partial charge is 0.232 e. The maximum Gasteiger partial charge on any atom is 0.232 e. The van der Waals surface area contributed by atoms with Crippen molar-refractivity contribution in [2.75, 3.05) is 25.1 Å². The van der Waals surface area contributed by atoms with E-state index in [-0.39, 0.29) is 5.91 Å². The number of hydrogen-bond acceptors (Lipinski definition) is 7. The summed E-state index contributed by atoms with van der Waals surface area (Å²) in [4.78, 5) is 13.3. The van der Waals surface area contributed by atoms with Gasteiger partial charge in [0.2, 0.25) is 5.91 Å². The van der Waals surface area contributed by atoms with Gasteiger partial charge in [0.25, 0.3) is 0 Å². The molecule has 18 heavy (non-hydrogen) atoms. The minimum absolute atomic E-state index is 0.00939. The van der Waals surface area contributed by atoms with Gasteiger partial charge in [-0.15, -0.1) is 10.2 Å². The van der Waals surface area contributed by atoms with Crippen LogP contribution in [0.4, 0.5) is 0 Å². The summed E-state index contributed by atoms with van der Waals surface area (Å²) < 4.78 is 1.75. The summed E-state index contributed by atoms with van der Waals surface area (Å²) in [7, 11) is 1.71. The second-order valence-corrected chi connectivity index (χ2v) is 6.99. The Hall–Kier alpha value is -0.780. The van der Waals surface area contributed by atoms with E-state index in [2.05, 4.69) is 17.1 Å². The monoisotopic (exact) mass is 302 g/mol. The third-order valence-corrected chi connectivity index (χ3v) is 5.02. The Balaban J connectivity index is 2.35. The van der Waals surface area contributed by atoms with Crippen LogP contribution in [0.1, 0.15) is 13.3 Å². The van der Waals surface area contributed by atoms with Crippen LogP contribution >= 0.6 is 34.9 Å². The maximum absolute atomic E-state index is 11.7. The van der Waals surface area contributed by atoms with Gasteiger partial charge < -0.3 is 4.90 Å². The summed E-state index contributed by atoms with van der Waals surface area (Å²) in [5, 5.41) is 16.5. The second-order valence-electron chi connectivity index (χ2n) is 3.28. The van der Waals surface area contributed by atoms with Crippen LogP contribution in [-0.4, -0.2) is 46.1 Å². The van der Waals surface area contributed by atoms with Crippen molar-refractivity contribution in [3.05, 3.63) is 0 Å². The lowest BCUT2D eigenvalue weighted by molar-refractivity contribution is -0.127. The highest BCUT2D eigenvalue weighted by molar-refractivity contribution is 8.03. The number of amides is 1. The molecule has 0 fully saturated rings. The Bertz CT molecular complexity index is 429. The molecule has 0 unspecified atom stereocenters. The lowest BCUT2D eigenvalue weighted by Crippen LogP contribution is -2.29. The number of rotatable bonds is 7. The molecular formula is C10H14N4OS3. The Labute approximate surface area is 119 Å². The largest absolute Gasteiger partial charge is 0.344 e.